The number of pyridine rings is 1. The summed E-state index contributed by atoms with van der Waals surface area (Å²) < 4.78 is 1.80. The van der Waals surface area contributed by atoms with Crippen LogP contribution in [0.1, 0.15) is 23.2 Å². The maximum absolute atomic E-state index is 12.7. The van der Waals surface area contributed by atoms with Crippen molar-refractivity contribution in [2.45, 2.75) is 18.9 Å². The van der Waals surface area contributed by atoms with Gasteiger partial charge in [0.05, 0.1) is 0 Å². The van der Waals surface area contributed by atoms with Crippen molar-refractivity contribution in [3.05, 3.63) is 42.6 Å². The largest absolute Gasteiger partial charge is 0.334 e. The van der Waals surface area contributed by atoms with Crippen molar-refractivity contribution in [2.24, 2.45) is 0 Å². The molecule has 6 nitrogen and oxygen atoms in total. The van der Waals surface area contributed by atoms with Crippen LogP contribution in [0.2, 0.25) is 0 Å². The second-order valence-corrected chi connectivity index (χ2v) is 5.22. The van der Waals surface area contributed by atoms with Crippen molar-refractivity contribution in [1.82, 2.24) is 24.8 Å². The number of imidazole rings is 1. The molecular weight excluding hydrogens is 337 g/mol. The highest BCUT2D eigenvalue weighted by Gasteiger charge is 2.28. The van der Waals surface area contributed by atoms with Gasteiger partial charge in [-0.15, -0.1) is 24.8 Å². The third kappa shape index (κ3) is 4.22. The van der Waals surface area contributed by atoms with Gasteiger partial charge in [-0.25, -0.2) is 9.97 Å². The minimum Gasteiger partial charge on any atom is -0.334 e. The van der Waals surface area contributed by atoms with E-state index >= 15 is 0 Å². The number of carbonyl (C=O) groups excluding carboxylic acids is 1. The molecule has 1 unspecified atom stereocenters. The lowest BCUT2D eigenvalue weighted by molar-refractivity contribution is 0.0737. The summed E-state index contributed by atoms with van der Waals surface area (Å²) in [5, 5.41) is 3.16. The molecule has 1 N–H and O–H groups in total. The van der Waals surface area contributed by atoms with E-state index in [-0.39, 0.29) is 36.8 Å². The molecule has 0 bridgehead atoms. The van der Waals surface area contributed by atoms with Gasteiger partial charge in [0, 0.05) is 43.3 Å². The number of nitrogens with zero attached hydrogens (tertiary/aromatic N) is 4. The number of hydrogen-bond acceptors (Lipinski definition) is 4. The standard InChI is InChI=1S/C15H19N5O.2ClH/c1-16-10-13-3-2-7-20(13)15(21)12-4-5-18-14(9-12)19-8-6-17-11-19;;/h4-6,8-9,11,13,16H,2-3,7,10H2,1H3;2*1H. The van der Waals surface area contributed by atoms with Gasteiger partial charge in [0.2, 0.25) is 0 Å². The second kappa shape index (κ2) is 8.86. The average molecular weight is 358 g/mol. The summed E-state index contributed by atoms with van der Waals surface area (Å²) in [6, 6.07) is 3.88. The van der Waals surface area contributed by atoms with Gasteiger partial charge >= 0.3 is 0 Å². The van der Waals surface area contributed by atoms with Gasteiger partial charge in [-0.05, 0) is 32.0 Å². The molecular formula is C15H21Cl2N5O. The average Bonchev–Trinajstić information content (AvgIpc) is 3.18. The predicted molar refractivity (Wildman–Crippen MR) is 93.8 cm³/mol. The summed E-state index contributed by atoms with van der Waals surface area (Å²) in [6.45, 7) is 1.67. The molecule has 0 aliphatic carbocycles. The topological polar surface area (TPSA) is 63.1 Å². The number of amides is 1. The molecule has 0 spiro atoms. The van der Waals surface area contributed by atoms with E-state index < -0.39 is 0 Å². The number of likely N-dealkylation sites (tertiary alicyclic amines) is 1. The Hall–Kier alpha value is -1.63. The fourth-order valence-electron chi connectivity index (χ4n) is 2.80. The number of rotatable bonds is 4. The molecule has 1 saturated heterocycles. The van der Waals surface area contributed by atoms with Crippen LogP contribution in [0.25, 0.3) is 5.82 Å². The smallest absolute Gasteiger partial charge is 0.254 e. The zero-order valence-electron chi connectivity index (χ0n) is 12.9. The van der Waals surface area contributed by atoms with Gasteiger partial charge in [-0.2, -0.15) is 0 Å². The van der Waals surface area contributed by atoms with Crippen molar-refractivity contribution >= 4 is 30.7 Å². The minimum absolute atomic E-state index is 0. The number of carbonyl (C=O) groups is 1. The molecule has 2 aromatic rings. The maximum atomic E-state index is 12.7. The lowest BCUT2D eigenvalue weighted by atomic mass is 10.2. The van der Waals surface area contributed by atoms with Crippen molar-refractivity contribution < 1.29 is 4.79 Å². The van der Waals surface area contributed by atoms with Crippen LogP contribution in [0.4, 0.5) is 0 Å². The number of aromatic nitrogens is 3. The van der Waals surface area contributed by atoms with Crippen LogP contribution in [-0.4, -0.2) is 51.5 Å². The van der Waals surface area contributed by atoms with Gasteiger partial charge in [0.15, 0.2) is 0 Å². The first-order chi connectivity index (χ1) is 10.3. The Morgan fingerprint density at radius 2 is 2.22 bits per heavy atom. The molecule has 23 heavy (non-hydrogen) atoms. The number of nitrogens with one attached hydrogen (secondary N) is 1. The third-order valence-electron chi connectivity index (χ3n) is 3.84. The lowest BCUT2D eigenvalue weighted by Crippen LogP contribution is -2.40. The highest BCUT2D eigenvalue weighted by Crippen LogP contribution is 2.20. The predicted octanol–water partition coefficient (Wildman–Crippen LogP) is 1.93. The Morgan fingerprint density at radius 3 is 2.91 bits per heavy atom. The van der Waals surface area contributed by atoms with Crippen LogP contribution in [0, 0.1) is 0 Å². The summed E-state index contributed by atoms with van der Waals surface area (Å²) >= 11 is 0. The summed E-state index contributed by atoms with van der Waals surface area (Å²) in [5.74, 6) is 0.791. The fraction of sp³-hybridized carbons (Fsp3) is 0.400. The molecule has 3 heterocycles. The van der Waals surface area contributed by atoms with Crippen molar-refractivity contribution in [2.75, 3.05) is 20.1 Å². The van der Waals surface area contributed by atoms with E-state index in [0.29, 0.717) is 11.4 Å². The van der Waals surface area contributed by atoms with Gasteiger partial charge in [0.1, 0.15) is 12.1 Å². The lowest BCUT2D eigenvalue weighted by Gasteiger charge is -2.24. The minimum atomic E-state index is 0. The first kappa shape index (κ1) is 19.4. The zero-order chi connectivity index (χ0) is 14.7. The Bertz CT molecular complexity index is 620. The van der Waals surface area contributed by atoms with E-state index in [2.05, 4.69) is 15.3 Å². The molecule has 126 valence electrons. The van der Waals surface area contributed by atoms with Gasteiger partial charge in [-0.3, -0.25) is 9.36 Å². The van der Waals surface area contributed by atoms with Crippen molar-refractivity contribution in [1.29, 1.82) is 0 Å². The van der Waals surface area contributed by atoms with E-state index in [9.17, 15) is 4.79 Å². The van der Waals surface area contributed by atoms with E-state index in [1.165, 1.54) is 0 Å². The van der Waals surface area contributed by atoms with Gasteiger partial charge in [0.25, 0.3) is 5.91 Å². The van der Waals surface area contributed by atoms with Crippen LogP contribution >= 0.6 is 24.8 Å². The molecule has 1 fully saturated rings. The molecule has 0 saturated carbocycles. The molecule has 3 rings (SSSR count). The fourth-order valence-corrected chi connectivity index (χ4v) is 2.80. The Morgan fingerprint density at radius 1 is 1.39 bits per heavy atom. The van der Waals surface area contributed by atoms with Crippen molar-refractivity contribution in [3.8, 4) is 5.82 Å². The Kier molecular flexibility index (Phi) is 7.48. The highest BCUT2D eigenvalue weighted by atomic mass is 35.5. The van der Waals surface area contributed by atoms with Crippen LogP contribution in [-0.2, 0) is 0 Å². The van der Waals surface area contributed by atoms with Gasteiger partial charge in [-0.1, -0.05) is 0 Å². The van der Waals surface area contributed by atoms with Gasteiger partial charge < -0.3 is 10.2 Å². The monoisotopic (exact) mass is 357 g/mol. The summed E-state index contributed by atoms with van der Waals surface area (Å²) in [6.07, 6.45) is 8.99. The first-order valence-corrected chi connectivity index (χ1v) is 7.19. The Balaban J connectivity index is 0.00000132. The van der Waals surface area contributed by atoms with E-state index in [0.717, 1.165) is 25.9 Å². The molecule has 0 radical (unpaired) electrons. The highest BCUT2D eigenvalue weighted by molar-refractivity contribution is 5.95. The third-order valence-corrected chi connectivity index (χ3v) is 3.84. The van der Waals surface area contributed by atoms with E-state index in [4.69, 9.17) is 0 Å². The maximum Gasteiger partial charge on any atom is 0.254 e. The van der Waals surface area contributed by atoms with Crippen LogP contribution in [0.15, 0.2) is 37.1 Å². The van der Waals surface area contributed by atoms with Crippen LogP contribution in [0.3, 0.4) is 0 Å². The molecule has 1 atom stereocenters. The summed E-state index contributed by atoms with van der Waals surface area (Å²) in [7, 11) is 1.92. The van der Waals surface area contributed by atoms with Crippen molar-refractivity contribution in [3.63, 3.8) is 0 Å². The number of halogens is 2. The van der Waals surface area contributed by atoms with E-state index in [1.54, 1.807) is 29.4 Å². The molecule has 0 aromatic carbocycles. The second-order valence-electron chi connectivity index (χ2n) is 5.22. The quantitative estimate of drug-likeness (QED) is 0.907. The number of hydrogen-bond donors (Lipinski definition) is 1. The zero-order valence-corrected chi connectivity index (χ0v) is 14.5. The molecule has 1 amide bonds. The normalized spacial score (nSPS) is 16.6. The first-order valence-electron chi connectivity index (χ1n) is 7.19. The molecule has 1 aliphatic rings. The van der Waals surface area contributed by atoms with Crippen LogP contribution < -0.4 is 5.32 Å². The summed E-state index contributed by atoms with van der Waals surface area (Å²) in [4.78, 5) is 23.0. The molecule has 2 aromatic heterocycles. The summed E-state index contributed by atoms with van der Waals surface area (Å²) in [5.41, 5.74) is 0.678. The van der Waals surface area contributed by atoms with E-state index in [1.807, 2.05) is 24.2 Å². The molecule has 8 heteroatoms. The number of likely N-dealkylation sites (N-methyl/N-ethyl adjacent to an activating group) is 1. The Labute approximate surface area is 148 Å². The van der Waals surface area contributed by atoms with Crippen LogP contribution in [0.5, 0.6) is 0 Å². The SMILES string of the molecule is CNCC1CCCN1C(=O)c1ccnc(-n2ccnc2)c1.Cl.Cl. The molecule has 1 aliphatic heterocycles.